The largest absolute Gasteiger partial charge is 0.497 e. The van der Waals surface area contributed by atoms with Crippen LogP contribution in [0.3, 0.4) is 0 Å². The quantitative estimate of drug-likeness (QED) is 0.596. The first kappa shape index (κ1) is 19.4. The number of rotatable bonds is 7. The van der Waals surface area contributed by atoms with E-state index in [1.54, 1.807) is 13.3 Å². The standard InChI is InChI=1S/C23H24N4O4/c1-28-17-5-7-18(8-6-17)31-23-19(25-12-16-3-2-10-24-16)13-26-22(27-23)15-4-9-20-21(11-15)30-14-29-20/h4-9,11,13,16,24-25H,2-3,10,12,14H2,1H3/t16-/m0/s1. The predicted octanol–water partition coefficient (Wildman–Crippen LogP) is 3.84. The lowest BCUT2D eigenvalue weighted by Crippen LogP contribution is -2.29. The molecule has 2 aliphatic rings. The van der Waals surface area contributed by atoms with E-state index in [9.17, 15) is 0 Å². The van der Waals surface area contributed by atoms with Crippen molar-refractivity contribution in [2.75, 3.05) is 32.3 Å². The van der Waals surface area contributed by atoms with E-state index in [0.29, 0.717) is 29.2 Å². The second-order valence-electron chi connectivity index (χ2n) is 7.43. The molecular weight excluding hydrogens is 396 g/mol. The summed E-state index contributed by atoms with van der Waals surface area (Å²) in [4.78, 5) is 9.27. The van der Waals surface area contributed by atoms with Crippen LogP contribution < -0.4 is 29.6 Å². The molecule has 5 rings (SSSR count). The molecule has 1 saturated heterocycles. The highest BCUT2D eigenvalue weighted by Crippen LogP contribution is 2.36. The van der Waals surface area contributed by atoms with Crippen molar-refractivity contribution in [1.82, 2.24) is 15.3 Å². The highest BCUT2D eigenvalue weighted by Gasteiger charge is 2.18. The summed E-state index contributed by atoms with van der Waals surface area (Å²) in [6, 6.07) is 13.5. The number of benzene rings is 2. The van der Waals surface area contributed by atoms with Crippen LogP contribution in [0.25, 0.3) is 11.4 Å². The van der Waals surface area contributed by atoms with E-state index in [-0.39, 0.29) is 6.79 Å². The maximum atomic E-state index is 6.13. The van der Waals surface area contributed by atoms with E-state index >= 15 is 0 Å². The number of anilines is 1. The highest BCUT2D eigenvalue weighted by atomic mass is 16.7. The van der Waals surface area contributed by atoms with Crippen LogP contribution in [0.1, 0.15) is 12.8 Å². The molecular formula is C23H24N4O4. The summed E-state index contributed by atoms with van der Waals surface area (Å²) in [5.74, 6) is 3.85. The van der Waals surface area contributed by atoms with Crippen molar-refractivity contribution >= 4 is 5.69 Å². The lowest BCUT2D eigenvalue weighted by Gasteiger charge is -2.16. The third kappa shape index (κ3) is 4.34. The second kappa shape index (κ2) is 8.69. The predicted molar refractivity (Wildman–Crippen MR) is 116 cm³/mol. The van der Waals surface area contributed by atoms with Gasteiger partial charge in [-0.05, 0) is 61.9 Å². The molecule has 2 aromatic carbocycles. The second-order valence-corrected chi connectivity index (χ2v) is 7.43. The molecule has 3 aromatic rings. The van der Waals surface area contributed by atoms with Gasteiger partial charge in [-0.2, -0.15) is 4.98 Å². The smallest absolute Gasteiger partial charge is 0.246 e. The summed E-state index contributed by atoms with van der Waals surface area (Å²) in [5, 5.41) is 6.92. The van der Waals surface area contributed by atoms with Crippen molar-refractivity contribution in [3.05, 3.63) is 48.7 Å². The SMILES string of the molecule is COc1ccc(Oc2nc(-c3ccc4c(c3)OCO4)ncc2NC[C@@H]2CCCN2)cc1. The van der Waals surface area contributed by atoms with Gasteiger partial charge in [-0.3, -0.25) is 0 Å². The summed E-state index contributed by atoms with van der Waals surface area (Å²) < 4.78 is 22.2. The fraction of sp³-hybridized carbons (Fsp3) is 0.304. The number of methoxy groups -OCH3 is 1. The zero-order chi connectivity index (χ0) is 21.0. The topological polar surface area (TPSA) is 86.8 Å². The van der Waals surface area contributed by atoms with E-state index in [2.05, 4.69) is 15.6 Å². The average molecular weight is 420 g/mol. The number of nitrogens with zero attached hydrogens (tertiary/aromatic N) is 2. The summed E-state index contributed by atoms with van der Waals surface area (Å²) in [6.07, 6.45) is 4.11. The summed E-state index contributed by atoms with van der Waals surface area (Å²) in [6.45, 7) is 2.07. The monoisotopic (exact) mass is 420 g/mol. The molecule has 1 aromatic heterocycles. The van der Waals surface area contributed by atoms with Crippen LogP contribution in [0.2, 0.25) is 0 Å². The van der Waals surface area contributed by atoms with E-state index in [1.807, 2.05) is 42.5 Å². The number of aromatic nitrogens is 2. The third-order valence-electron chi connectivity index (χ3n) is 5.36. The molecule has 0 amide bonds. The molecule has 160 valence electrons. The lowest BCUT2D eigenvalue weighted by molar-refractivity contribution is 0.174. The minimum Gasteiger partial charge on any atom is -0.497 e. The first-order valence-corrected chi connectivity index (χ1v) is 10.3. The minimum atomic E-state index is 0.226. The van der Waals surface area contributed by atoms with Crippen LogP contribution in [0.15, 0.2) is 48.7 Å². The molecule has 0 unspecified atom stereocenters. The Morgan fingerprint density at radius 1 is 1.10 bits per heavy atom. The highest BCUT2D eigenvalue weighted by molar-refractivity contribution is 5.64. The van der Waals surface area contributed by atoms with Crippen molar-refractivity contribution in [2.45, 2.75) is 18.9 Å². The van der Waals surface area contributed by atoms with E-state index < -0.39 is 0 Å². The van der Waals surface area contributed by atoms with Gasteiger partial charge in [0, 0.05) is 18.2 Å². The molecule has 8 nitrogen and oxygen atoms in total. The van der Waals surface area contributed by atoms with Crippen LogP contribution in [-0.2, 0) is 0 Å². The number of hydrogen-bond donors (Lipinski definition) is 2. The van der Waals surface area contributed by atoms with Crippen LogP contribution in [0.4, 0.5) is 5.69 Å². The molecule has 2 N–H and O–H groups in total. The molecule has 0 aliphatic carbocycles. The molecule has 0 saturated carbocycles. The van der Waals surface area contributed by atoms with Crippen molar-refractivity contribution in [3.63, 3.8) is 0 Å². The molecule has 31 heavy (non-hydrogen) atoms. The van der Waals surface area contributed by atoms with Gasteiger partial charge in [0.25, 0.3) is 0 Å². The van der Waals surface area contributed by atoms with Crippen molar-refractivity contribution in [3.8, 4) is 40.3 Å². The minimum absolute atomic E-state index is 0.226. The third-order valence-corrected chi connectivity index (χ3v) is 5.36. The van der Waals surface area contributed by atoms with Crippen molar-refractivity contribution < 1.29 is 18.9 Å². The van der Waals surface area contributed by atoms with Crippen LogP contribution >= 0.6 is 0 Å². The Balaban J connectivity index is 1.43. The Labute approximate surface area is 180 Å². The lowest BCUT2D eigenvalue weighted by atomic mass is 10.2. The summed E-state index contributed by atoms with van der Waals surface area (Å²) in [5.41, 5.74) is 1.57. The molecule has 0 radical (unpaired) electrons. The van der Waals surface area contributed by atoms with E-state index in [0.717, 1.165) is 42.3 Å². The van der Waals surface area contributed by atoms with E-state index in [4.69, 9.17) is 23.9 Å². The van der Waals surface area contributed by atoms with Crippen molar-refractivity contribution in [1.29, 1.82) is 0 Å². The van der Waals surface area contributed by atoms with Gasteiger partial charge in [-0.25, -0.2) is 4.98 Å². The first-order chi connectivity index (χ1) is 15.3. The molecule has 2 aliphatic heterocycles. The molecule has 1 atom stereocenters. The number of ether oxygens (including phenoxy) is 4. The Hall–Kier alpha value is -3.52. The Morgan fingerprint density at radius 2 is 1.94 bits per heavy atom. The fourth-order valence-corrected chi connectivity index (χ4v) is 3.66. The average Bonchev–Trinajstić information content (AvgIpc) is 3.50. The van der Waals surface area contributed by atoms with Gasteiger partial charge < -0.3 is 29.6 Å². The zero-order valence-electron chi connectivity index (χ0n) is 17.3. The molecule has 3 heterocycles. The Kier molecular flexibility index (Phi) is 5.45. The van der Waals surface area contributed by atoms with Gasteiger partial charge in [0.15, 0.2) is 17.3 Å². The Morgan fingerprint density at radius 3 is 2.74 bits per heavy atom. The maximum absolute atomic E-state index is 6.13. The van der Waals surface area contributed by atoms with Crippen LogP contribution in [0.5, 0.6) is 28.9 Å². The van der Waals surface area contributed by atoms with Crippen LogP contribution in [-0.4, -0.2) is 43.0 Å². The number of hydrogen-bond acceptors (Lipinski definition) is 8. The molecule has 8 heteroatoms. The van der Waals surface area contributed by atoms with Gasteiger partial charge in [0.2, 0.25) is 12.7 Å². The summed E-state index contributed by atoms with van der Waals surface area (Å²) in [7, 11) is 1.64. The zero-order valence-corrected chi connectivity index (χ0v) is 17.3. The molecule has 1 fully saturated rings. The van der Waals surface area contributed by atoms with Gasteiger partial charge in [0.05, 0.1) is 13.3 Å². The molecule has 0 spiro atoms. The van der Waals surface area contributed by atoms with Crippen LogP contribution in [0, 0.1) is 0 Å². The van der Waals surface area contributed by atoms with E-state index in [1.165, 1.54) is 6.42 Å². The maximum Gasteiger partial charge on any atom is 0.246 e. The normalized spacial score (nSPS) is 16.9. The van der Waals surface area contributed by atoms with Gasteiger partial charge >= 0.3 is 0 Å². The van der Waals surface area contributed by atoms with Gasteiger partial charge in [-0.1, -0.05) is 0 Å². The Bertz CT molecular complexity index is 1050. The molecule has 0 bridgehead atoms. The summed E-state index contributed by atoms with van der Waals surface area (Å²) >= 11 is 0. The van der Waals surface area contributed by atoms with Crippen molar-refractivity contribution in [2.24, 2.45) is 0 Å². The van der Waals surface area contributed by atoms with Gasteiger partial charge in [-0.15, -0.1) is 0 Å². The number of nitrogens with one attached hydrogen (secondary N) is 2. The van der Waals surface area contributed by atoms with Gasteiger partial charge in [0.1, 0.15) is 17.2 Å². The fourth-order valence-electron chi connectivity index (χ4n) is 3.66. The number of fused-ring (bicyclic) bond motifs is 1. The first-order valence-electron chi connectivity index (χ1n) is 10.3.